The van der Waals surface area contributed by atoms with Crippen molar-refractivity contribution in [3.8, 4) is 0 Å². The maximum atomic E-state index is 11.3. The first-order valence-electron chi connectivity index (χ1n) is 7.23. The van der Waals surface area contributed by atoms with Gasteiger partial charge in [0.25, 0.3) is 5.78 Å². The molecule has 0 saturated heterocycles. The molecule has 7 heteroatoms. The van der Waals surface area contributed by atoms with Gasteiger partial charge in [-0.15, -0.1) is 5.10 Å². The van der Waals surface area contributed by atoms with E-state index in [-0.39, 0.29) is 12.5 Å². The van der Waals surface area contributed by atoms with Gasteiger partial charge >= 0.3 is 5.97 Å². The lowest BCUT2D eigenvalue weighted by molar-refractivity contribution is -0.138. The summed E-state index contributed by atoms with van der Waals surface area (Å²) < 4.78 is 6.24. The van der Waals surface area contributed by atoms with E-state index in [1.165, 1.54) is 7.11 Å². The maximum absolute atomic E-state index is 11.3. The molecule has 3 rings (SSSR count). The Morgan fingerprint density at radius 1 is 1.26 bits per heavy atom. The van der Waals surface area contributed by atoms with E-state index < -0.39 is 0 Å². The van der Waals surface area contributed by atoms with E-state index in [1.54, 1.807) is 4.52 Å². The zero-order valence-corrected chi connectivity index (χ0v) is 13.0. The first kappa shape index (κ1) is 15.0. The number of methoxy groups -OCH3 is 1. The Morgan fingerprint density at radius 2 is 2.04 bits per heavy atom. The van der Waals surface area contributed by atoms with Crippen LogP contribution >= 0.6 is 0 Å². The van der Waals surface area contributed by atoms with Crippen molar-refractivity contribution in [2.75, 3.05) is 19.0 Å². The second-order valence-electron chi connectivity index (χ2n) is 5.11. The van der Waals surface area contributed by atoms with E-state index in [1.807, 2.05) is 43.3 Å². The van der Waals surface area contributed by atoms with Crippen LogP contribution in [0.1, 0.15) is 17.1 Å². The molecule has 0 atom stereocenters. The highest BCUT2D eigenvalue weighted by molar-refractivity contribution is 5.74. The van der Waals surface area contributed by atoms with E-state index in [4.69, 9.17) is 0 Å². The number of fused-ring (bicyclic) bond motifs is 1. The second kappa shape index (κ2) is 6.43. The molecule has 1 aromatic carbocycles. The number of hydrogen-bond donors (Lipinski definition) is 1. The summed E-state index contributed by atoms with van der Waals surface area (Å²) in [6.45, 7) is 1.93. The second-order valence-corrected chi connectivity index (χ2v) is 5.11. The lowest BCUT2D eigenvalue weighted by atomic mass is 10.1. The number of nitrogens with one attached hydrogen (secondary N) is 1. The van der Waals surface area contributed by atoms with Gasteiger partial charge in [-0.2, -0.15) is 9.50 Å². The minimum absolute atomic E-state index is 0.0585. The van der Waals surface area contributed by atoms with Crippen molar-refractivity contribution in [2.24, 2.45) is 0 Å². The van der Waals surface area contributed by atoms with Crippen molar-refractivity contribution in [2.45, 2.75) is 13.3 Å². The quantitative estimate of drug-likeness (QED) is 0.721. The highest BCUT2D eigenvalue weighted by Crippen LogP contribution is 2.13. The third-order valence-electron chi connectivity index (χ3n) is 3.33. The lowest BCUT2D eigenvalue weighted by Gasteiger charge is -2.07. The minimum Gasteiger partial charge on any atom is -0.468 e. The monoisotopic (exact) mass is 311 g/mol. The van der Waals surface area contributed by atoms with Crippen molar-refractivity contribution in [3.63, 3.8) is 0 Å². The van der Waals surface area contributed by atoms with Crippen LogP contribution in [0, 0.1) is 6.92 Å². The molecule has 7 nitrogen and oxygen atoms in total. The number of nitrogens with zero attached hydrogens (tertiary/aromatic N) is 4. The molecule has 0 radical (unpaired) electrons. The van der Waals surface area contributed by atoms with Gasteiger partial charge in [-0.3, -0.25) is 4.79 Å². The van der Waals surface area contributed by atoms with Gasteiger partial charge < -0.3 is 10.1 Å². The predicted molar refractivity (Wildman–Crippen MR) is 85.3 cm³/mol. The first-order chi connectivity index (χ1) is 11.2. The molecule has 3 aromatic rings. The van der Waals surface area contributed by atoms with Gasteiger partial charge in [0, 0.05) is 18.2 Å². The summed E-state index contributed by atoms with van der Waals surface area (Å²) in [4.78, 5) is 20.1. The van der Waals surface area contributed by atoms with Crippen LogP contribution < -0.4 is 5.32 Å². The van der Waals surface area contributed by atoms with Crippen LogP contribution in [0.2, 0.25) is 0 Å². The fourth-order valence-electron chi connectivity index (χ4n) is 2.24. The Labute approximate surface area is 133 Å². The Bertz CT molecular complexity index is 829. The molecule has 0 amide bonds. The molecule has 0 unspecified atom stereocenters. The molecule has 0 fully saturated rings. The first-order valence-corrected chi connectivity index (χ1v) is 7.23. The van der Waals surface area contributed by atoms with Gasteiger partial charge in [-0.1, -0.05) is 30.3 Å². The van der Waals surface area contributed by atoms with Crippen molar-refractivity contribution in [1.82, 2.24) is 19.6 Å². The van der Waals surface area contributed by atoms with Crippen LogP contribution in [0.25, 0.3) is 5.78 Å². The summed E-state index contributed by atoms with van der Waals surface area (Å²) in [5.74, 6) is 1.49. The number of aromatic nitrogens is 4. The summed E-state index contributed by atoms with van der Waals surface area (Å²) in [5, 5.41) is 7.48. The molecule has 0 spiro atoms. The van der Waals surface area contributed by atoms with E-state index in [0.29, 0.717) is 23.8 Å². The highest BCUT2D eigenvalue weighted by atomic mass is 16.5. The van der Waals surface area contributed by atoms with E-state index >= 15 is 0 Å². The number of rotatable bonds is 5. The standard InChI is InChI=1S/C16H17N5O2/c1-11-8-14(17-10-15(22)23-2)21-16(18-11)19-13(20-21)9-12-6-4-3-5-7-12/h3-8,17H,9-10H2,1-2H3. The summed E-state index contributed by atoms with van der Waals surface area (Å²) in [5.41, 5.74) is 1.92. The number of ether oxygens (including phenoxy) is 1. The van der Waals surface area contributed by atoms with E-state index in [2.05, 4.69) is 25.1 Å². The SMILES string of the molecule is COC(=O)CNc1cc(C)nc2nc(Cc3ccccc3)nn12. The number of esters is 1. The average molecular weight is 311 g/mol. The largest absolute Gasteiger partial charge is 0.468 e. The molecule has 0 aliphatic carbocycles. The molecule has 0 aliphatic heterocycles. The molecule has 1 N–H and O–H groups in total. The van der Waals surface area contributed by atoms with Crippen LogP contribution in [-0.2, 0) is 16.0 Å². The van der Waals surface area contributed by atoms with Gasteiger partial charge in [-0.05, 0) is 12.5 Å². The summed E-state index contributed by atoms with van der Waals surface area (Å²) in [6, 6.07) is 11.8. The van der Waals surface area contributed by atoms with Crippen LogP contribution in [0.15, 0.2) is 36.4 Å². The Kier molecular flexibility index (Phi) is 4.18. The number of aryl methyl sites for hydroxylation is 1. The zero-order valence-electron chi connectivity index (χ0n) is 13.0. The van der Waals surface area contributed by atoms with Crippen LogP contribution in [-0.4, -0.2) is 39.2 Å². The molecular weight excluding hydrogens is 294 g/mol. The summed E-state index contributed by atoms with van der Waals surface area (Å²) >= 11 is 0. The van der Waals surface area contributed by atoms with Crippen molar-refractivity contribution in [3.05, 3.63) is 53.5 Å². The normalized spacial score (nSPS) is 10.7. The van der Waals surface area contributed by atoms with Gasteiger partial charge in [0.15, 0.2) is 5.82 Å². The number of carbonyl (C=O) groups is 1. The molecule has 2 aromatic heterocycles. The van der Waals surface area contributed by atoms with Crippen LogP contribution in [0.5, 0.6) is 0 Å². The molecule has 2 heterocycles. The molecular formula is C16H17N5O2. The van der Waals surface area contributed by atoms with E-state index in [0.717, 1.165) is 11.3 Å². The maximum Gasteiger partial charge on any atom is 0.325 e. The minimum atomic E-state index is -0.350. The highest BCUT2D eigenvalue weighted by Gasteiger charge is 2.11. The Balaban J connectivity index is 1.90. The Hall–Kier alpha value is -2.96. The number of benzene rings is 1. The van der Waals surface area contributed by atoms with Gasteiger partial charge in [0.1, 0.15) is 12.4 Å². The number of hydrogen-bond acceptors (Lipinski definition) is 6. The molecule has 23 heavy (non-hydrogen) atoms. The lowest BCUT2D eigenvalue weighted by Crippen LogP contribution is -2.17. The third-order valence-corrected chi connectivity index (χ3v) is 3.33. The van der Waals surface area contributed by atoms with E-state index in [9.17, 15) is 4.79 Å². The average Bonchev–Trinajstić information content (AvgIpc) is 2.95. The molecule has 0 aliphatic rings. The van der Waals surface area contributed by atoms with Crippen molar-refractivity contribution >= 4 is 17.6 Å². The van der Waals surface area contributed by atoms with Crippen molar-refractivity contribution < 1.29 is 9.53 Å². The van der Waals surface area contributed by atoms with Crippen molar-refractivity contribution in [1.29, 1.82) is 0 Å². The van der Waals surface area contributed by atoms with Crippen LogP contribution in [0.3, 0.4) is 0 Å². The third kappa shape index (κ3) is 3.45. The molecule has 0 saturated carbocycles. The topological polar surface area (TPSA) is 81.4 Å². The smallest absolute Gasteiger partial charge is 0.325 e. The zero-order chi connectivity index (χ0) is 16.2. The molecule has 118 valence electrons. The Morgan fingerprint density at radius 3 is 2.78 bits per heavy atom. The molecule has 0 bridgehead atoms. The fraction of sp³-hybridized carbons (Fsp3) is 0.250. The number of carbonyl (C=O) groups excluding carboxylic acids is 1. The summed E-state index contributed by atoms with van der Waals surface area (Å²) in [7, 11) is 1.35. The number of anilines is 1. The van der Waals surface area contributed by atoms with Gasteiger partial charge in [0.2, 0.25) is 0 Å². The van der Waals surface area contributed by atoms with Crippen LogP contribution in [0.4, 0.5) is 5.82 Å². The van der Waals surface area contributed by atoms with Gasteiger partial charge in [-0.25, -0.2) is 4.98 Å². The predicted octanol–water partition coefficient (Wildman–Crippen LogP) is 1.61. The van der Waals surface area contributed by atoms with Gasteiger partial charge in [0.05, 0.1) is 7.11 Å². The summed E-state index contributed by atoms with van der Waals surface area (Å²) in [6.07, 6.45) is 0.625. The fourth-order valence-corrected chi connectivity index (χ4v) is 2.24.